The second kappa shape index (κ2) is 7.25. The van der Waals surface area contributed by atoms with E-state index in [1.165, 1.54) is 5.56 Å². The Bertz CT molecular complexity index is 660. The zero-order valence-corrected chi connectivity index (χ0v) is 14.3. The molecule has 0 N–H and O–H groups in total. The van der Waals surface area contributed by atoms with Gasteiger partial charge in [-0.05, 0) is 31.7 Å². The third-order valence-corrected chi connectivity index (χ3v) is 5.25. The van der Waals surface area contributed by atoms with Crippen molar-refractivity contribution >= 4 is 11.3 Å². The Kier molecular flexibility index (Phi) is 5.10. The number of aryl methyl sites for hydroxylation is 1. The lowest BCUT2D eigenvalue weighted by Crippen LogP contribution is -2.48. The number of rotatable bonds is 4. The standard InChI is InChI=1S/C18H22N2O2S/c1-15-8-10-17(11-9-15)22-23(21)20-13-12-19(2)14-18(20)16-6-4-3-5-7-16/h3-11,18H,12-14H2,1-2H3. The van der Waals surface area contributed by atoms with Crippen molar-refractivity contribution in [3.05, 3.63) is 65.7 Å². The molecule has 0 aliphatic carbocycles. The summed E-state index contributed by atoms with van der Waals surface area (Å²) in [5.41, 5.74) is 2.32. The van der Waals surface area contributed by atoms with E-state index in [4.69, 9.17) is 4.18 Å². The van der Waals surface area contributed by atoms with Crippen LogP contribution in [0.5, 0.6) is 5.75 Å². The van der Waals surface area contributed by atoms with Gasteiger partial charge in [-0.15, -0.1) is 0 Å². The Balaban J connectivity index is 1.78. The van der Waals surface area contributed by atoms with E-state index in [9.17, 15) is 4.21 Å². The first kappa shape index (κ1) is 16.2. The van der Waals surface area contributed by atoms with E-state index in [1.807, 2.05) is 53.7 Å². The highest BCUT2D eigenvalue weighted by atomic mass is 32.2. The summed E-state index contributed by atoms with van der Waals surface area (Å²) in [5.74, 6) is 0.639. The molecule has 2 aromatic carbocycles. The van der Waals surface area contributed by atoms with Gasteiger partial charge in [0.1, 0.15) is 5.75 Å². The summed E-state index contributed by atoms with van der Waals surface area (Å²) in [6.45, 7) is 4.46. The topological polar surface area (TPSA) is 32.8 Å². The molecule has 1 aliphatic heterocycles. The molecule has 1 aliphatic rings. The number of nitrogens with zero attached hydrogens (tertiary/aromatic N) is 2. The molecule has 122 valence electrons. The number of piperazine rings is 1. The van der Waals surface area contributed by atoms with E-state index in [1.54, 1.807) is 0 Å². The molecular formula is C18H22N2O2S. The zero-order valence-electron chi connectivity index (χ0n) is 13.5. The predicted molar refractivity (Wildman–Crippen MR) is 93.3 cm³/mol. The van der Waals surface area contributed by atoms with Crippen molar-refractivity contribution in [3.8, 4) is 5.75 Å². The highest BCUT2D eigenvalue weighted by Crippen LogP contribution is 2.27. The molecule has 0 aromatic heterocycles. The van der Waals surface area contributed by atoms with Crippen LogP contribution < -0.4 is 4.18 Å². The molecular weight excluding hydrogens is 308 g/mol. The minimum atomic E-state index is -1.50. The lowest BCUT2D eigenvalue weighted by Gasteiger charge is -2.38. The Morgan fingerprint density at radius 1 is 1.04 bits per heavy atom. The van der Waals surface area contributed by atoms with Gasteiger partial charge in [0.05, 0.1) is 6.04 Å². The maximum Gasteiger partial charge on any atom is 0.291 e. The number of likely N-dealkylation sites (N-methyl/N-ethyl adjacent to an activating group) is 1. The highest BCUT2D eigenvalue weighted by molar-refractivity contribution is 7.78. The van der Waals surface area contributed by atoms with Gasteiger partial charge in [0, 0.05) is 19.6 Å². The molecule has 2 aromatic rings. The first-order valence-electron chi connectivity index (χ1n) is 7.80. The lowest BCUT2D eigenvalue weighted by molar-refractivity contribution is 0.160. The van der Waals surface area contributed by atoms with Crippen LogP contribution in [0.2, 0.25) is 0 Å². The van der Waals surface area contributed by atoms with Crippen LogP contribution in [0.4, 0.5) is 0 Å². The van der Waals surface area contributed by atoms with Crippen LogP contribution in [-0.2, 0) is 11.3 Å². The van der Waals surface area contributed by atoms with Crippen molar-refractivity contribution < 1.29 is 8.39 Å². The maximum absolute atomic E-state index is 12.7. The average Bonchev–Trinajstić information content (AvgIpc) is 2.57. The Morgan fingerprint density at radius 3 is 2.43 bits per heavy atom. The predicted octanol–water partition coefficient (Wildman–Crippen LogP) is 2.94. The minimum absolute atomic E-state index is 0.0706. The molecule has 4 nitrogen and oxygen atoms in total. The smallest absolute Gasteiger partial charge is 0.291 e. The van der Waals surface area contributed by atoms with Crippen LogP contribution in [0.15, 0.2) is 54.6 Å². The quantitative estimate of drug-likeness (QED) is 0.864. The van der Waals surface area contributed by atoms with Gasteiger partial charge < -0.3 is 9.08 Å². The number of hydrogen-bond donors (Lipinski definition) is 0. The van der Waals surface area contributed by atoms with Crippen molar-refractivity contribution in [1.29, 1.82) is 0 Å². The first-order chi connectivity index (χ1) is 11.1. The van der Waals surface area contributed by atoms with E-state index in [0.717, 1.165) is 18.7 Å². The van der Waals surface area contributed by atoms with Gasteiger partial charge >= 0.3 is 0 Å². The Hall–Kier alpha value is -1.69. The van der Waals surface area contributed by atoms with E-state index < -0.39 is 11.3 Å². The van der Waals surface area contributed by atoms with E-state index in [2.05, 4.69) is 24.1 Å². The molecule has 23 heavy (non-hydrogen) atoms. The van der Waals surface area contributed by atoms with Gasteiger partial charge in [0.25, 0.3) is 11.3 Å². The summed E-state index contributed by atoms with van der Waals surface area (Å²) in [7, 11) is 2.09. The van der Waals surface area contributed by atoms with Gasteiger partial charge in [-0.1, -0.05) is 48.0 Å². The largest absolute Gasteiger partial charge is 0.389 e. The van der Waals surface area contributed by atoms with E-state index in [0.29, 0.717) is 12.3 Å². The van der Waals surface area contributed by atoms with Crippen molar-refractivity contribution in [2.75, 3.05) is 26.7 Å². The molecule has 0 saturated carbocycles. The van der Waals surface area contributed by atoms with Crippen molar-refractivity contribution in [2.24, 2.45) is 0 Å². The fourth-order valence-corrected chi connectivity index (χ4v) is 3.75. The summed E-state index contributed by atoms with van der Waals surface area (Å²) >= 11 is -1.50. The second-order valence-electron chi connectivity index (χ2n) is 5.94. The summed E-state index contributed by atoms with van der Waals surface area (Å²) in [6, 6.07) is 17.9. The maximum atomic E-state index is 12.7. The molecule has 0 radical (unpaired) electrons. The third-order valence-electron chi connectivity index (χ3n) is 4.10. The first-order valence-corrected chi connectivity index (χ1v) is 8.83. The molecule has 3 rings (SSSR count). The summed E-state index contributed by atoms with van der Waals surface area (Å²) in [5, 5.41) is 0. The molecule has 1 heterocycles. The Morgan fingerprint density at radius 2 is 1.74 bits per heavy atom. The summed E-state index contributed by atoms with van der Waals surface area (Å²) in [6.07, 6.45) is 0. The van der Waals surface area contributed by atoms with Gasteiger partial charge in [-0.25, -0.2) is 0 Å². The average molecular weight is 330 g/mol. The summed E-state index contributed by atoms with van der Waals surface area (Å²) < 4.78 is 20.4. The number of hydrogen-bond acceptors (Lipinski definition) is 3. The molecule has 5 heteroatoms. The molecule has 0 bridgehead atoms. The lowest BCUT2D eigenvalue weighted by atomic mass is 10.1. The SMILES string of the molecule is Cc1ccc(OS(=O)N2CCN(C)CC2c2ccccc2)cc1. The molecule has 1 fully saturated rings. The fraction of sp³-hybridized carbons (Fsp3) is 0.333. The van der Waals surface area contributed by atoms with Crippen molar-refractivity contribution in [2.45, 2.75) is 13.0 Å². The summed E-state index contributed by atoms with van der Waals surface area (Å²) in [4.78, 5) is 2.26. The molecule has 0 spiro atoms. The van der Waals surface area contributed by atoms with Crippen LogP contribution in [0.1, 0.15) is 17.2 Å². The number of benzene rings is 2. The second-order valence-corrected chi connectivity index (χ2v) is 7.01. The van der Waals surface area contributed by atoms with Gasteiger partial charge in [0.2, 0.25) is 0 Å². The van der Waals surface area contributed by atoms with Crippen molar-refractivity contribution in [3.63, 3.8) is 0 Å². The Labute approximate surface area is 140 Å². The van der Waals surface area contributed by atoms with Crippen LogP contribution in [0.25, 0.3) is 0 Å². The minimum Gasteiger partial charge on any atom is -0.389 e. The highest BCUT2D eigenvalue weighted by Gasteiger charge is 2.31. The van der Waals surface area contributed by atoms with Gasteiger partial charge in [-0.3, -0.25) is 0 Å². The monoisotopic (exact) mass is 330 g/mol. The molecule has 1 saturated heterocycles. The fourth-order valence-electron chi connectivity index (χ4n) is 2.75. The van der Waals surface area contributed by atoms with Crippen LogP contribution in [0.3, 0.4) is 0 Å². The van der Waals surface area contributed by atoms with Crippen molar-refractivity contribution in [1.82, 2.24) is 9.21 Å². The van der Waals surface area contributed by atoms with E-state index >= 15 is 0 Å². The van der Waals surface area contributed by atoms with Gasteiger partial charge in [-0.2, -0.15) is 8.51 Å². The molecule has 2 unspecified atom stereocenters. The van der Waals surface area contributed by atoms with E-state index in [-0.39, 0.29) is 6.04 Å². The van der Waals surface area contributed by atoms with Crippen LogP contribution >= 0.6 is 0 Å². The van der Waals surface area contributed by atoms with Gasteiger partial charge in [0.15, 0.2) is 0 Å². The van der Waals surface area contributed by atoms with Crippen LogP contribution in [0, 0.1) is 6.92 Å². The zero-order chi connectivity index (χ0) is 16.2. The third kappa shape index (κ3) is 3.99. The molecule has 0 amide bonds. The normalized spacial score (nSPS) is 21.0. The van der Waals surface area contributed by atoms with Crippen LogP contribution in [-0.4, -0.2) is 40.1 Å². The molecule has 2 atom stereocenters.